The normalized spacial score (nSPS) is 22.4. The van der Waals surface area contributed by atoms with E-state index in [9.17, 15) is 4.79 Å². The summed E-state index contributed by atoms with van der Waals surface area (Å²) in [6, 6.07) is 8.29. The summed E-state index contributed by atoms with van der Waals surface area (Å²) in [6.45, 7) is 2.52. The van der Waals surface area contributed by atoms with Crippen molar-refractivity contribution in [1.82, 2.24) is 14.5 Å². The van der Waals surface area contributed by atoms with Gasteiger partial charge in [0.15, 0.2) is 6.61 Å². The van der Waals surface area contributed by atoms with Gasteiger partial charge >= 0.3 is 0 Å². The van der Waals surface area contributed by atoms with Gasteiger partial charge in [0, 0.05) is 44.2 Å². The lowest BCUT2D eigenvalue weighted by Gasteiger charge is -2.29. The van der Waals surface area contributed by atoms with Gasteiger partial charge in [0.1, 0.15) is 11.6 Å². The minimum Gasteiger partial charge on any atom is -0.484 e. The fourth-order valence-corrected chi connectivity index (χ4v) is 4.14. The van der Waals surface area contributed by atoms with Crippen LogP contribution in [0.3, 0.4) is 0 Å². The topological polar surface area (TPSA) is 65.8 Å². The highest BCUT2D eigenvalue weighted by Crippen LogP contribution is 2.33. The summed E-state index contributed by atoms with van der Waals surface area (Å²) in [7, 11) is 1.80. The smallest absolute Gasteiger partial charge is 0.260 e. The number of amides is 1. The van der Waals surface area contributed by atoms with E-state index in [1.165, 1.54) is 0 Å². The number of imidazole rings is 1. The summed E-state index contributed by atoms with van der Waals surface area (Å²) < 4.78 is 18.7. The van der Waals surface area contributed by atoms with E-state index in [1.54, 1.807) is 12.0 Å². The number of rotatable bonds is 6. The van der Waals surface area contributed by atoms with E-state index in [2.05, 4.69) is 15.7 Å². The molecule has 1 amide bonds. The van der Waals surface area contributed by atoms with Crippen molar-refractivity contribution in [2.45, 2.75) is 37.8 Å². The first-order chi connectivity index (χ1) is 14.2. The molecule has 0 atom stereocenters. The zero-order valence-electron chi connectivity index (χ0n) is 17.0. The van der Waals surface area contributed by atoms with Gasteiger partial charge in [0.2, 0.25) is 0 Å². The van der Waals surface area contributed by atoms with Gasteiger partial charge in [-0.25, -0.2) is 4.98 Å². The molecular weight excluding hydrogens is 370 g/mol. The number of hydrogen-bond donors (Lipinski definition) is 0. The molecule has 1 aliphatic carbocycles. The van der Waals surface area contributed by atoms with E-state index in [0.29, 0.717) is 44.2 Å². The standard InChI is InChI=1S/C22H29N3O4/c1-27-19-8-4-18(5-9-19)25-11-10-23-22(25)17-2-6-20(7-3-17)29-16-21(26)24-12-14-28-15-13-24/h2-3,6-7,10-11,18-19H,4-5,8-9,12-16H2,1H3. The first kappa shape index (κ1) is 19.9. The van der Waals surface area contributed by atoms with Gasteiger partial charge in [0.05, 0.1) is 19.3 Å². The van der Waals surface area contributed by atoms with Crippen LogP contribution in [-0.2, 0) is 14.3 Å². The summed E-state index contributed by atoms with van der Waals surface area (Å²) >= 11 is 0. The molecule has 7 nitrogen and oxygen atoms in total. The Balaban J connectivity index is 1.36. The first-order valence-electron chi connectivity index (χ1n) is 10.4. The molecule has 2 aliphatic rings. The largest absolute Gasteiger partial charge is 0.484 e. The first-order valence-corrected chi connectivity index (χ1v) is 10.4. The monoisotopic (exact) mass is 399 g/mol. The zero-order chi connectivity index (χ0) is 20.1. The number of hydrogen-bond acceptors (Lipinski definition) is 5. The van der Waals surface area contributed by atoms with Crippen LogP contribution in [0.1, 0.15) is 31.7 Å². The van der Waals surface area contributed by atoms with Crippen LogP contribution < -0.4 is 4.74 Å². The van der Waals surface area contributed by atoms with Crippen LogP contribution in [0.25, 0.3) is 11.4 Å². The van der Waals surface area contributed by atoms with Gasteiger partial charge < -0.3 is 23.7 Å². The molecule has 0 spiro atoms. The Morgan fingerprint density at radius 2 is 1.86 bits per heavy atom. The van der Waals surface area contributed by atoms with Crippen molar-refractivity contribution in [1.29, 1.82) is 0 Å². The van der Waals surface area contributed by atoms with Crippen LogP contribution in [0.15, 0.2) is 36.7 Å². The van der Waals surface area contributed by atoms with Crippen LogP contribution in [0.2, 0.25) is 0 Å². The molecule has 7 heteroatoms. The molecule has 2 fully saturated rings. The van der Waals surface area contributed by atoms with Gasteiger partial charge in [-0.05, 0) is 49.9 Å². The zero-order valence-corrected chi connectivity index (χ0v) is 17.0. The highest BCUT2D eigenvalue weighted by molar-refractivity contribution is 5.77. The molecule has 2 aromatic rings. The molecule has 1 aliphatic heterocycles. The maximum absolute atomic E-state index is 12.2. The molecule has 29 heavy (non-hydrogen) atoms. The Labute approximate surface area is 171 Å². The van der Waals surface area contributed by atoms with E-state index in [-0.39, 0.29) is 12.5 Å². The quantitative estimate of drug-likeness (QED) is 0.747. The molecule has 156 valence electrons. The predicted octanol–water partition coefficient (Wildman–Crippen LogP) is 2.92. The predicted molar refractivity (Wildman–Crippen MR) is 109 cm³/mol. The van der Waals surface area contributed by atoms with Crippen LogP contribution in [0, 0.1) is 0 Å². The van der Waals surface area contributed by atoms with Crippen LogP contribution >= 0.6 is 0 Å². The molecule has 1 saturated carbocycles. The van der Waals surface area contributed by atoms with Gasteiger partial charge in [-0.3, -0.25) is 4.79 Å². The number of methoxy groups -OCH3 is 1. The van der Waals surface area contributed by atoms with Crippen molar-refractivity contribution in [2.24, 2.45) is 0 Å². The summed E-state index contributed by atoms with van der Waals surface area (Å²) in [5.41, 5.74) is 1.05. The van der Waals surface area contributed by atoms with Crippen molar-refractivity contribution < 1.29 is 19.0 Å². The Morgan fingerprint density at radius 3 is 2.55 bits per heavy atom. The fourth-order valence-electron chi connectivity index (χ4n) is 4.14. The lowest BCUT2D eigenvalue weighted by molar-refractivity contribution is -0.137. The third kappa shape index (κ3) is 4.79. The number of morpholine rings is 1. The van der Waals surface area contributed by atoms with Gasteiger partial charge in [-0.15, -0.1) is 0 Å². The minimum absolute atomic E-state index is 0.000388. The number of nitrogens with zero attached hydrogens (tertiary/aromatic N) is 3. The fraction of sp³-hybridized carbons (Fsp3) is 0.545. The average Bonchev–Trinajstić information content (AvgIpc) is 3.28. The van der Waals surface area contributed by atoms with E-state index in [0.717, 1.165) is 37.1 Å². The molecular formula is C22H29N3O4. The van der Waals surface area contributed by atoms with Crippen molar-refractivity contribution >= 4 is 5.91 Å². The molecule has 2 heterocycles. The number of carbonyl (C=O) groups is 1. The molecule has 1 aromatic carbocycles. The second-order valence-electron chi connectivity index (χ2n) is 7.63. The maximum Gasteiger partial charge on any atom is 0.260 e. The lowest BCUT2D eigenvalue weighted by atomic mass is 9.92. The molecule has 0 N–H and O–H groups in total. The number of carbonyl (C=O) groups excluding carboxylic acids is 1. The Kier molecular flexibility index (Phi) is 6.46. The Morgan fingerprint density at radius 1 is 1.14 bits per heavy atom. The second kappa shape index (κ2) is 9.41. The molecule has 4 rings (SSSR count). The van der Waals surface area contributed by atoms with Crippen molar-refractivity contribution in [3.05, 3.63) is 36.7 Å². The molecule has 0 radical (unpaired) electrons. The highest BCUT2D eigenvalue weighted by atomic mass is 16.5. The van der Waals surface area contributed by atoms with Gasteiger partial charge in [-0.1, -0.05) is 0 Å². The van der Waals surface area contributed by atoms with Gasteiger partial charge in [0.25, 0.3) is 5.91 Å². The SMILES string of the molecule is COC1CCC(n2ccnc2-c2ccc(OCC(=O)N3CCOCC3)cc2)CC1. The third-order valence-electron chi connectivity index (χ3n) is 5.88. The molecule has 1 saturated heterocycles. The van der Waals surface area contributed by atoms with Crippen LogP contribution in [0.5, 0.6) is 5.75 Å². The summed E-state index contributed by atoms with van der Waals surface area (Å²) in [6.07, 6.45) is 8.70. The van der Waals surface area contributed by atoms with Crippen LogP contribution in [-0.4, -0.2) is 66.5 Å². The third-order valence-corrected chi connectivity index (χ3v) is 5.88. The Bertz CT molecular complexity index is 791. The van der Waals surface area contributed by atoms with E-state index in [4.69, 9.17) is 14.2 Å². The highest BCUT2D eigenvalue weighted by Gasteiger charge is 2.24. The molecule has 1 aromatic heterocycles. The molecule has 0 bridgehead atoms. The van der Waals surface area contributed by atoms with Crippen molar-refractivity contribution in [3.8, 4) is 17.1 Å². The van der Waals surface area contributed by atoms with Gasteiger partial charge in [-0.2, -0.15) is 0 Å². The summed E-state index contributed by atoms with van der Waals surface area (Å²) in [4.78, 5) is 18.6. The Hall–Kier alpha value is -2.38. The number of ether oxygens (including phenoxy) is 3. The van der Waals surface area contributed by atoms with E-state index >= 15 is 0 Å². The minimum atomic E-state index is -0.000388. The summed E-state index contributed by atoms with van der Waals surface area (Å²) in [5, 5.41) is 0. The maximum atomic E-state index is 12.2. The summed E-state index contributed by atoms with van der Waals surface area (Å²) in [5.74, 6) is 1.66. The number of aromatic nitrogens is 2. The van der Waals surface area contributed by atoms with E-state index in [1.807, 2.05) is 30.5 Å². The van der Waals surface area contributed by atoms with Crippen LogP contribution in [0.4, 0.5) is 0 Å². The van der Waals surface area contributed by atoms with Crippen molar-refractivity contribution in [2.75, 3.05) is 40.0 Å². The lowest BCUT2D eigenvalue weighted by Crippen LogP contribution is -2.42. The second-order valence-corrected chi connectivity index (χ2v) is 7.63. The molecule has 0 unspecified atom stereocenters. The average molecular weight is 399 g/mol. The van der Waals surface area contributed by atoms with Crippen molar-refractivity contribution in [3.63, 3.8) is 0 Å². The van der Waals surface area contributed by atoms with E-state index < -0.39 is 0 Å². The number of benzene rings is 1.